The Morgan fingerprint density at radius 3 is 2.15 bits per heavy atom. The van der Waals surface area contributed by atoms with Gasteiger partial charge >= 0.3 is 12.1 Å². The van der Waals surface area contributed by atoms with Crippen LogP contribution in [0.1, 0.15) is 153 Å². The average molecular weight is 1290 g/mol. The molecule has 498 valence electrons. The zero-order chi connectivity index (χ0) is 67.2. The first-order valence-corrected chi connectivity index (χ1v) is 31.7. The van der Waals surface area contributed by atoms with Gasteiger partial charge in [0, 0.05) is 124 Å². The largest absolute Gasteiger partial charge is 0.445 e. The number of alkyl carbamates (subject to hydrolysis) is 1. The third-order valence-electron chi connectivity index (χ3n) is 16.0. The number of fused-ring (bicyclic) bond motifs is 2. The number of nitrogens with zero attached hydrogens (tertiary/aromatic N) is 5. The molecule has 0 spiro atoms. The van der Waals surface area contributed by atoms with Crippen molar-refractivity contribution in [3.8, 4) is 0 Å². The van der Waals surface area contributed by atoms with E-state index >= 15 is 0 Å². The lowest BCUT2D eigenvalue weighted by molar-refractivity contribution is -0.138. The molecule has 10 N–H and O–H groups in total. The molecule has 0 radical (unpaired) electrons. The van der Waals surface area contributed by atoms with Crippen LogP contribution in [0, 0.1) is 11.8 Å². The van der Waals surface area contributed by atoms with Crippen molar-refractivity contribution in [3.05, 3.63) is 124 Å². The van der Waals surface area contributed by atoms with Gasteiger partial charge in [-0.3, -0.25) is 53.1 Å². The summed E-state index contributed by atoms with van der Waals surface area (Å²) in [6.45, 7) is 8.52. The molecule has 93 heavy (non-hydrogen) atoms. The first-order valence-electron chi connectivity index (χ1n) is 31.7. The Hall–Kier alpha value is -9.46. The van der Waals surface area contributed by atoms with Gasteiger partial charge in [-0.15, -0.1) is 0 Å². The predicted molar refractivity (Wildman–Crippen MR) is 346 cm³/mol. The Balaban J connectivity index is 0.815. The highest BCUT2D eigenvalue weighted by atomic mass is 19.3. The second-order valence-corrected chi connectivity index (χ2v) is 24.0. The highest BCUT2D eigenvalue weighted by molar-refractivity contribution is 6.08. The topological polar surface area (TPSA) is 339 Å². The number of amidine groups is 1. The second-order valence-electron chi connectivity index (χ2n) is 24.0. The Morgan fingerprint density at radius 2 is 1.46 bits per heavy atom. The number of benzene rings is 3. The monoisotopic (exact) mass is 1290 g/mol. The van der Waals surface area contributed by atoms with Crippen molar-refractivity contribution >= 4 is 88.2 Å². The number of ketones is 1. The van der Waals surface area contributed by atoms with Gasteiger partial charge in [-0.05, 0) is 110 Å². The number of carbonyl (C=O) groups excluding carboxylic acids is 10. The number of alkyl halides is 2. The van der Waals surface area contributed by atoms with Crippen molar-refractivity contribution in [1.82, 2.24) is 41.0 Å². The maximum absolute atomic E-state index is 15.0. The van der Waals surface area contributed by atoms with E-state index in [2.05, 4.69) is 41.5 Å². The molecule has 0 saturated carbocycles. The van der Waals surface area contributed by atoms with E-state index < -0.39 is 54.9 Å². The molecule has 24 nitrogen and oxygen atoms in total. The van der Waals surface area contributed by atoms with Crippen LogP contribution in [0.15, 0.2) is 89.6 Å². The lowest BCUT2D eigenvalue weighted by Gasteiger charge is -2.28. The van der Waals surface area contributed by atoms with Crippen molar-refractivity contribution < 1.29 is 61.5 Å². The second kappa shape index (κ2) is 34.3. The third kappa shape index (κ3) is 21.8. The van der Waals surface area contributed by atoms with E-state index in [4.69, 9.17) is 16.2 Å². The van der Waals surface area contributed by atoms with Crippen LogP contribution in [-0.2, 0) is 59.6 Å². The van der Waals surface area contributed by atoms with Gasteiger partial charge in [0.2, 0.25) is 29.5 Å². The summed E-state index contributed by atoms with van der Waals surface area (Å²) >= 11 is 0. The number of unbranched alkanes of at least 4 members (excludes halogenated alkanes) is 2. The Morgan fingerprint density at radius 1 is 0.774 bits per heavy atom. The Labute approximate surface area is 539 Å². The van der Waals surface area contributed by atoms with Crippen molar-refractivity contribution in [1.29, 1.82) is 0 Å². The van der Waals surface area contributed by atoms with Gasteiger partial charge in [-0.2, -0.15) is 0 Å². The van der Waals surface area contributed by atoms with E-state index in [9.17, 15) is 56.7 Å². The Kier molecular flexibility index (Phi) is 26.2. The lowest BCUT2D eigenvalue weighted by Crippen LogP contribution is -2.45. The number of hydrogen-bond acceptors (Lipinski definition) is 15. The number of rotatable bonds is 33. The minimum Gasteiger partial charge on any atom is -0.445 e. The number of imide groups is 1. The minimum atomic E-state index is -3.55. The molecular formula is C67H85F2N13O11. The van der Waals surface area contributed by atoms with Crippen LogP contribution >= 0.6 is 0 Å². The van der Waals surface area contributed by atoms with Gasteiger partial charge in [-0.1, -0.05) is 64.4 Å². The van der Waals surface area contributed by atoms with Gasteiger partial charge in [-0.25, -0.2) is 23.4 Å². The van der Waals surface area contributed by atoms with E-state index in [0.29, 0.717) is 111 Å². The average Bonchev–Trinajstić information content (AvgIpc) is 1.81. The summed E-state index contributed by atoms with van der Waals surface area (Å²) in [5.74, 6) is -7.25. The van der Waals surface area contributed by atoms with Crippen LogP contribution < -0.4 is 43.4 Å². The molecular weight excluding hydrogens is 1200 g/mol. The first-order chi connectivity index (χ1) is 44.5. The number of anilines is 2. The third-order valence-corrected chi connectivity index (χ3v) is 16.0. The zero-order valence-electron chi connectivity index (χ0n) is 53.2. The SMILES string of the molecule is CCCN(CCC)C(=O)C1=Cc2ccc(C(=O)Nc3cnc4c(c3)CN(Cc3ccc(C(=O)NCC(F)(F)CNC(=O)OCc5ccc(NC(=O)[C@H](CCCNC(N)=O)CC(=O)[C@@H](NC(=O)CCCCCN6C(=O)CCC6=O)C(C)C)cc5)cc3)CC4)cc2N=C(N)C1. The first kappa shape index (κ1) is 71.0. The molecule has 10 amide bonds. The number of amides is 10. The van der Waals surface area contributed by atoms with Gasteiger partial charge in [0.05, 0.1) is 36.7 Å². The van der Waals surface area contributed by atoms with Crippen LogP contribution in [0.25, 0.3) is 6.08 Å². The summed E-state index contributed by atoms with van der Waals surface area (Å²) in [6, 6.07) is 18.0. The summed E-state index contributed by atoms with van der Waals surface area (Å²) < 4.78 is 35.1. The number of aliphatic imine (C=N–C) groups is 1. The summed E-state index contributed by atoms with van der Waals surface area (Å²) in [7, 11) is 0. The fraction of sp³-hybridized carbons (Fsp3) is 0.463. The molecule has 1 aromatic heterocycles. The van der Waals surface area contributed by atoms with E-state index in [1.54, 1.807) is 80.7 Å². The fourth-order valence-electron chi connectivity index (χ4n) is 11.1. The highest BCUT2D eigenvalue weighted by Gasteiger charge is 2.33. The number of halogens is 2. The number of likely N-dealkylation sites (tertiary alicyclic amines) is 1. The standard InChI is InChI=1S/C67H85F2N13O11/c1-5-27-81(28-6-2)64(90)49-31-46-19-20-48(33-54(46)78-56(70)35-49)63(89)77-52-32-50-38-80(30-25-53(50)73-36-52)37-43-13-17-45(18-14-43)61(87)74-40-67(68,69)41-75-66(92)93-39-44-15-21-51(22-16-44)76-62(88)47(11-10-26-72-65(71)91)34-55(83)60(42(3)4)79-57(84)12-8-7-9-29-82-58(85)23-24-59(82)86/h13-22,31-33,36,42,47,60H,5-12,23-30,34-35,37-41H2,1-4H3,(H2,70,78)(H,74,87)(H,75,92)(H,76,88)(H,77,89)(H,79,84)(H3,71,72,91)/t47-,60+/m1/s1. The van der Waals surface area contributed by atoms with E-state index in [-0.39, 0.29) is 104 Å². The summed E-state index contributed by atoms with van der Waals surface area (Å²) in [4.78, 5) is 142. The van der Waals surface area contributed by atoms with Crippen LogP contribution in [0.5, 0.6) is 0 Å². The molecule has 3 aliphatic rings. The van der Waals surface area contributed by atoms with Crippen molar-refractivity contribution in [2.75, 3.05) is 56.4 Å². The molecule has 4 aromatic rings. The number of urea groups is 1. The van der Waals surface area contributed by atoms with E-state index in [1.165, 1.54) is 17.0 Å². The van der Waals surface area contributed by atoms with Crippen LogP contribution in [-0.4, -0.2) is 143 Å². The fourth-order valence-corrected chi connectivity index (χ4v) is 11.1. The zero-order valence-corrected chi connectivity index (χ0v) is 53.2. The maximum Gasteiger partial charge on any atom is 0.407 e. The number of primary amides is 1. The minimum absolute atomic E-state index is 0.0775. The van der Waals surface area contributed by atoms with Gasteiger partial charge in [0.25, 0.3) is 17.7 Å². The molecule has 1 fully saturated rings. The molecule has 0 bridgehead atoms. The summed E-state index contributed by atoms with van der Waals surface area (Å²) in [5.41, 5.74) is 17.7. The number of Topliss-reactive ketones (excluding diaryl/α,β-unsaturated/α-hetero) is 1. The van der Waals surface area contributed by atoms with Gasteiger partial charge in [0.1, 0.15) is 12.4 Å². The number of carbonyl (C=O) groups is 10. The number of hydrogen-bond donors (Lipinski definition) is 8. The van der Waals surface area contributed by atoms with E-state index in [0.717, 1.165) is 29.7 Å². The number of ether oxygens (including phenoxy) is 1. The normalized spacial score (nSPS) is 14.5. The number of pyridine rings is 1. The van der Waals surface area contributed by atoms with Crippen LogP contribution in [0.4, 0.5) is 35.4 Å². The number of aromatic nitrogens is 1. The molecule has 7 rings (SSSR count). The van der Waals surface area contributed by atoms with E-state index in [1.807, 2.05) is 30.1 Å². The number of nitrogens with two attached hydrogens (primary N) is 2. The molecule has 3 aliphatic heterocycles. The summed E-state index contributed by atoms with van der Waals surface area (Å²) in [6.07, 6.45) is 7.22. The molecule has 3 aromatic carbocycles. The van der Waals surface area contributed by atoms with Crippen molar-refractivity contribution in [2.45, 2.75) is 143 Å². The predicted octanol–water partition coefficient (Wildman–Crippen LogP) is 7.42. The maximum atomic E-state index is 15.0. The molecule has 0 unspecified atom stereocenters. The van der Waals surface area contributed by atoms with Gasteiger partial charge < -0.3 is 53.0 Å². The van der Waals surface area contributed by atoms with Crippen molar-refractivity contribution in [3.63, 3.8) is 0 Å². The quantitative estimate of drug-likeness (QED) is 0.0170. The number of nitrogens with one attached hydrogen (secondary N) is 6. The molecule has 2 atom stereocenters. The van der Waals surface area contributed by atoms with Crippen LogP contribution in [0.3, 0.4) is 0 Å². The van der Waals surface area contributed by atoms with Gasteiger partial charge in [0.15, 0.2) is 5.78 Å². The molecule has 26 heteroatoms. The smallest absolute Gasteiger partial charge is 0.407 e. The Bertz CT molecular complexity index is 3410. The van der Waals surface area contributed by atoms with Crippen molar-refractivity contribution in [2.24, 2.45) is 28.3 Å². The lowest BCUT2D eigenvalue weighted by atomic mass is 9.89. The molecule has 0 aliphatic carbocycles. The molecule has 1 saturated heterocycles. The van der Waals surface area contributed by atoms with Crippen LogP contribution in [0.2, 0.25) is 0 Å². The highest BCUT2D eigenvalue weighted by Crippen LogP contribution is 2.30. The summed E-state index contributed by atoms with van der Waals surface area (Å²) in [5, 5.41) is 15.2. The molecule has 4 heterocycles.